The summed E-state index contributed by atoms with van der Waals surface area (Å²) in [6.07, 6.45) is -2.84. The summed E-state index contributed by atoms with van der Waals surface area (Å²) < 4.78 is 66.6. The molecule has 1 aromatic heterocycles. The van der Waals surface area contributed by atoms with Gasteiger partial charge in [-0.1, -0.05) is 54.6 Å². The van der Waals surface area contributed by atoms with Crippen LogP contribution in [0.15, 0.2) is 83.9 Å². The highest BCUT2D eigenvalue weighted by atomic mass is 32.2. The van der Waals surface area contributed by atoms with Crippen LogP contribution in [0.4, 0.5) is 13.2 Å². The van der Waals surface area contributed by atoms with Crippen molar-refractivity contribution in [2.75, 3.05) is 0 Å². The second-order valence-electron chi connectivity index (χ2n) is 7.52. The first-order chi connectivity index (χ1) is 14.6. The summed E-state index contributed by atoms with van der Waals surface area (Å²) in [5, 5.41) is 0.600. The summed E-state index contributed by atoms with van der Waals surface area (Å²) in [7, 11) is -3.77. The number of alkyl halides is 3. The molecule has 0 bridgehead atoms. The monoisotopic (exact) mass is 443 g/mol. The van der Waals surface area contributed by atoms with Crippen molar-refractivity contribution in [3.8, 4) is 0 Å². The van der Waals surface area contributed by atoms with E-state index in [2.05, 4.69) is 0 Å². The van der Waals surface area contributed by atoms with Crippen molar-refractivity contribution >= 4 is 20.7 Å². The van der Waals surface area contributed by atoms with Gasteiger partial charge in [-0.05, 0) is 41.8 Å². The molecule has 0 aliphatic carbocycles. The molecule has 3 nitrogen and oxygen atoms in total. The van der Waals surface area contributed by atoms with Gasteiger partial charge >= 0.3 is 6.18 Å². The number of hydrogen-bond donors (Lipinski definition) is 0. The number of rotatable bonds is 5. The molecule has 1 heterocycles. The van der Waals surface area contributed by atoms with E-state index in [4.69, 9.17) is 0 Å². The molecule has 0 aliphatic heterocycles. The molecule has 0 radical (unpaired) electrons. The van der Waals surface area contributed by atoms with E-state index < -0.39 is 21.6 Å². The quantitative estimate of drug-likeness (QED) is 0.380. The summed E-state index contributed by atoms with van der Waals surface area (Å²) in [5.41, 5.74) is 2.48. The Balaban J connectivity index is 1.71. The Morgan fingerprint density at radius 2 is 1.52 bits per heavy atom. The molecule has 160 valence electrons. The van der Waals surface area contributed by atoms with Crippen LogP contribution in [-0.2, 0) is 28.3 Å². The van der Waals surface area contributed by atoms with E-state index in [0.717, 1.165) is 28.8 Å². The van der Waals surface area contributed by atoms with Crippen molar-refractivity contribution in [2.45, 2.75) is 30.3 Å². The van der Waals surface area contributed by atoms with Gasteiger partial charge in [0.2, 0.25) is 0 Å². The Morgan fingerprint density at radius 1 is 0.871 bits per heavy atom. The Morgan fingerprint density at radius 3 is 2.19 bits per heavy atom. The normalized spacial score (nSPS) is 12.4. The van der Waals surface area contributed by atoms with Crippen LogP contribution < -0.4 is 0 Å². The third kappa shape index (κ3) is 4.37. The minimum atomic E-state index is -4.46. The van der Waals surface area contributed by atoms with Gasteiger partial charge in [0.15, 0.2) is 9.84 Å². The van der Waals surface area contributed by atoms with Crippen LogP contribution in [-0.4, -0.2) is 13.0 Å². The molecule has 0 fully saturated rings. The van der Waals surface area contributed by atoms with Gasteiger partial charge < -0.3 is 4.57 Å². The number of aryl methyl sites for hydroxylation is 1. The first-order valence-electron chi connectivity index (χ1n) is 9.66. The van der Waals surface area contributed by atoms with Crippen molar-refractivity contribution in [1.29, 1.82) is 0 Å². The third-order valence-corrected chi connectivity index (χ3v) is 7.04. The van der Waals surface area contributed by atoms with E-state index in [1.165, 1.54) is 12.1 Å². The molecule has 3 aromatic carbocycles. The fourth-order valence-electron chi connectivity index (χ4n) is 3.65. The zero-order valence-electron chi connectivity index (χ0n) is 16.7. The van der Waals surface area contributed by atoms with E-state index in [-0.39, 0.29) is 10.6 Å². The van der Waals surface area contributed by atoms with E-state index >= 15 is 0 Å². The first kappa shape index (κ1) is 21.2. The van der Waals surface area contributed by atoms with Gasteiger partial charge in [-0.15, -0.1) is 0 Å². The van der Waals surface area contributed by atoms with Crippen LogP contribution in [0, 0.1) is 6.92 Å². The number of hydrogen-bond acceptors (Lipinski definition) is 2. The summed E-state index contributed by atoms with van der Waals surface area (Å²) in [4.78, 5) is 0.177. The van der Waals surface area contributed by atoms with Gasteiger partial charge in [0.1, 0.15) is 0 Å². The Bertz CT molecular complexity index is 1340. The van der Waals surface area contributed by atoms with E-state index in [9.17, 15) is 21.6 Å². The molecule has 0 saturated carbocycles. The average Bonchev–Trinajstić information content (AvgIpc) is 3.09. The predicted molar refractivity (Wildman–Crippen MR) is 115 cm³/mol. The minimum Gasteiger partial charge on any atom is -0.342 e. The highest BCUT2D eigenvalue weighted by Crippen LogP contribution is 2.31. The van der Waals surface area contributed by atoms with Crippen LogP contribution in [0.5, 0.6) is 0 Å². The highest BCUT2D eigenvalue weighted by Gasteiger charge is 2.30. The molecule has 31 heavy (non-hydrogen) atoms. The molecule has 0 N–H and O–H groups in total. The largest absolute Gasteiger partial charge is 0.416 e. The van der Waals surface area contributed by atoms with E-state index in [1.54, 1.807) is 18.3 Å². The fraction of sp³-hybridized carbons (Fsp3) is 0.167. The molecule has 0 amide bonds. The summed E-state index contributed by atoms with van der Waals surface area (Å²) >= 11 is 0. The highest BCUT2D eigenvalue weighted by molar-refractivity contribution is 7.90. The first-order valence-corrected chi connectivity index (χ1v) is 11.3. The number of fused-ring (bicyclic) bond motifs is 1. The second kappa shape index (κ2) is 7.89. The van der Waals surface area contributed by atoms with Crippen molar-refractivity contribution in [2.24, 2.45) is 0 Å². The lowest BCUT2D eigenvalue weighted by molar-refractivity contribution is -0.137. The SMILES string of the molecule is Cc1ccccc1Cn1cc(S(=O)(=O)Cc2ccc(C(F)(F)F)cc2)c2ccccc21. The summed E-state index contributed by atoms with van der Waals surface area (Å²) in [6.45, 7) is 2.52. The lowest BCUT2D eigenvalue weighted by Crippen LogP contribution is -2.07. The van der Waals surface area contributed by atoms with Gasteiger partial charge in [0.05, 0.1) is 16.2 Å². The predicted octanol–water partition coefficient (Wildman–Crippen LogP) is 5.99. The molecular weight excluding hydrogens is 423 g/mol. The lowest BCUT2D eigenvalue weighted by atomic mass is 10.1. The number of benzene rings is 3. The van der Waals surface area contributed by atoms with Crippen LogP contribution in [0.3, 0.4) is 0 Å². The molecule has 0 atom stereocenters. The zero-order valence-corrected chi connectivity index (χ0v) is 17.5. The van der Waals surface area contributed by atoms with Crippen LogP contribution in [0.1, 0.15) is 22.3 Å². The maximum Gasteiger partial charge on any atom is 0.416 e. The van der Waals surface area contributed by atoms with Gasteiger partial charge in [-0.25, -0.2) is 8.42 Å². The maximum absolute atomic E-state index is 13.2. The lowest BCUT2D eigenvalue weighted by Gasteiger charge is -2.08. The zero-order chi connectivity index (χ0) is 22.2. The Kier molecular flexibility index (Phi) is 5.39. The van der Waals surface area contributed by atoms with Crippen molar-refractivity contribution < 1.29 is 21.6 Å². The van der Waals surface area contributed by atoms with Crippen molar-refractivity contribution in [3.05, 3.63) is 101 Å². The van der Waals surface area contributed by atoms with Crippen LogP contribution in [0.25, 0.3) is 10.9 Å². The Labute approximate surface area is 178 Å². The minimum absolute atomic E-state index is 0.177. The molecular formula is C24H20F3NO2S. The molecule has 4 rings (SSSR count). The smallest absolute Gasteiger partial charge is 0.342 e. The molecule has 7 heteroatoms. The van der Waals surface area contributed by atoms with Crippen LogP contribution >= 0.6 is 0 Å². The standard InChI is InChI=1S/C24H20F3NO2S/c1-17-6-2-3-7-19(17)14-28-15-23(21-8-4-5-9-22(21)28)31(29,30)16-18-10-12-20(13-11-18)24(25,26)27/h2-13,15H,14,16H2,1H3. The average molecular weight is 443 g/mol. The van der Waals surface area contributed by atoms with Gasteiger partial charge in [0.25, 0.3) is 0 Å². The molecule has 0 unspecified atom stereocenters. The molecule has 0 spiro atoms. The van der Waals surface area contributed by atoms with Gasteiger partial charge in [-0.2, -0.15) is 13.2 Å². The second-order valence-corrected chi connectivity index (χ2v) is 9.48. The van der Waals surface area contributed by atoms with Crippen LogP contribution in [0.2, 0.25) is 0 Å². The van der Waals surface area contributed by atoms with E-state index in [0.29, 0.717) is 17.5 Å². The molecule has 0 aliphatic rings. The van der Waals surface area contributed by atoms with E-state index in [1.807, 2.05) is 47.9 Å². The number of nitrogens with zero attached hydrogens (tertiary/aromatic N) is 1. The van der Waals surface area contributed by atoms with Crippen molar-refractivity contribution in [1.82, 2.24) is 4.57 Å². The number of aromatic nitrogens is 1. The fourth-order valence-corrected chi connectivity index (χ4v) is 5.23. The Hall–Kier alpha value is -3.06. The topological polar surface area (TPSA) is 39.1 Å². The summed E-state index contributed by atoms with van der Waals surface area (Å²) in [6, 6.07) is 19.4. The van der Waals surface area contributed by atoms with Gasteiger partial charge in [0, 0.05) is 23.6 Å². The molecule has 4 aromatic rings. The number of para-hydroxylation sites is 1. The number of sulfone groups is 1. The molecule has 0 saturated heterocycles. The van der Waals surface area contributed by atoms with Gasteiger partial charge in [-0.3, -0.25) is 0 Å². The van der Waals surface area contributed by atoms with Crippen molar-refractivity contribution in [3.63, 3.8) is 0 Å². The third-order valence-electron chi connectivity index (χ3n) is 5.33. The summed E-state index contributed by atoms with van der Waals surface area (Å²) in [5.74, 6) is -0.372. The number of halogens is 3. The maximum atomic E-state index is 13.2.